The molecule has 2 N–H and O–H groups in total. The Balaban J connectivity index is 0.00000100. The van der Waals surface area contributed by atoms with Crippen molar-refractivity contribution in [2.24, 2.45) is 5.92 Å². The van der Waals surface area contributed by atoms with Gasteiger partial charge in [-0.2, -0.15) is 13.2 Å². The number of hydrogen-bond acceptors (Lipinski definition) is 4. The summed E-state index contributed by atoms with van der Waals surface area (Å²) in [7, 11) is 0. The largest absolute Gasteiger partial charge is 0.416 e. The van der Waals surface area contributed by atoms with Crippen LogP contribution >= 0.6 is 0 Å². The van der Waals surface area contributed by atoms with Gasteiger partial charge in [-0.3, -0.25) is 0 Å². The van der Waals surface area contributed by atoms with Crippen LogP contribution in [-0.4, -0.2) is 48.6 Å². The number of benzene rings is 1. The highest BCUT2D eigenvalue weighted by molar-refractivity contribution is 5.51. The van der Waals surface area contributed by atoms with Gasteiger partial charge in [-0.15, -0.1) is 0 Å². The molecule has 0 bridgehead atoms. The Morgan fingerprint density at radius 3 is 2.29 bits per heavy atom. The van der Waals surface area contributed by atoms with Crippen LogP contribution in [0, 0.1) is 5.92 Å². The fourth-order valence-electron chi connectivity index (χ4n) is 4.05. The van der Waals surface area contributed by atoms with Gasteiger partial charge in [0.15, 0.2) is 0 Å². The molecule has 2 aliphatic rings. The molecule has 1 aliphatic carbocycles. The first-order chi connectivity index (χ1) is 16.4. The van der Waals surface area contributed by atoms with E-state index in [4.69, 9.17) is 0 Å². The van der Waals surface area contributed by atoms with Crippen molar-refractivity contribution in [3.8, 4) is 0 Å². The van der Waals surface area contributed by atoms with E-state index in [0.29, 0.717) is 32.4 Å². The first-order valence-electron chi connectivity index (χ1n) is 12.0. The van der Waals surface area contributed by atoms with E-state index in [1.54, 1.807) is 6.08 Å². The molecule has 1 heterocycles. The van der Waals surface area contributed by atoms with E-state index in [-0.39, 0.29) is 11.6 Å². The lowest BCUT2D eigenvalue weighted by atomic mass is 9.90. The Bertz CT molecular complexity index is 839. The fraction of sp³-hybridized carbons (Fsp3) is 0.577. The minimum absolute atomic E-state index is 0.00974. The normalized spacial score (nSPS) is 19.5. The van der Waals surface area contributed by atoms with E-state index in [1.165, 1.54) is 0 Å². The van der Waals surface area contributed by atoms with Gasteiger partial charge in [0.2, 0.25) is 0 Å². The molecule has 0 saturated carbocycles. The zero-order valence-electron chi connectivity index (χ0n) is 20.3. The topological polar surface area (TPSA) is 52.6 Å². The summed E-state index contributed by atoms with van der Waals surface area (Å²) in [5.74, 6) is -3.39. The van der Waals surface area contributed by atoms with E-state index >= 15 is 0 Å². The maximum atomic E-state index is 13.8. The van der Waals surface area contributed by atoms with Gasteiger partial charge in [0.25, 0.3) is 5.92 Å². The Morgan fingerprint density at radius 2 is 1.77 bits per heavy atom. The standard InChI is InChI=1S/C23H29F5N2O.C3H6O/c1-22(24,25)18-12-19(23(26,27)28)14-20(13-18)29-15-17(8-11-30-9-2-3-10-30)16-4-6-21(31)7-5-16;1-2-3-4/h4-6,12-14,17,21,29,31H,2-3,7-11,15H2,1H3;3H,2H2,1H3. The van der Waals surface area contributed by atoms with Gasteiger partial charge < -0.3 is 20.1 Å². The monoisotopic (exact) mass is 502 g/mol. The van der Waals surface area contributed by atoms with Crippen LogP contribution < -0.4 is 5.32 Å². The summed E-state index contributed by atoms with van der Waals surface area (Å²) in [6.45, 7) is 5.66. The number of nitrogens with one attached hydrogen (secondary N) is 1. The molecule has 196 valence electrons. The lowest BCUT2D eigenvalue weighted by molar-refractivity contribution is -0.137. The number of rotatable bonds is 9. The van der Waals surface area contributed by atoms with Crippen LogP contribution in [0.2, 0.25) is 0 Å². The van der Waals surface area contributed by atoms with Crippen LogP contribution in [0.25, 0.3) is 0 Å². The van der Waals surface area contributed by atoms with Crippen molar-refractivity contribution in [2.45, 2.75) is 64.2 Å². The molecule has 1 aliphatic heterocycles. The van der Waals surface area contributed by atoms with Gasteiger partial charge in [-0.25, -0.2) is 8.78 Å². The molecule has 0 spiro atoms. The quantitative estimate of drug-likeness (QED) is 0.313. The number of aldehydes is 1. The summed E-state index contributed by atoms with van der Waals surface area (Å²) in [6, 6.07) is 2.47. The number of anilines is 1. The zero-order chi connectivity index (χ0) is 26.1. The Kier molecular flexibility index (Phi) is 10.9. The van der Waals surface area contributed by atoms with Gasteiger partial charge >= 0.3 is 6.18 Å². The van der Waals surface area contributed by atoms with E-state index in [1.807, 2.05) is 19.1 Å². The number of likely N-dealkylation sites (tertiary alicyclic amines) is 1. The van der Waals surface area contributed by atoms with Crippen LogP contribution in [0.15, 0.2) is 42.0 Å². The van der Waals surface area contributed by atoms with Crippen LogP contribution in [-0.2, 0) is 16.9 Å². The van der Waals surface area contributed by atoms with Crippen molar-refractivity contribution in [3.63, 3.8) is 0 Å². The number of aliphatic hydroxyl groups excluding tert-OH is 1. The van der Waals surface area contributed by atoms with Gasteiger partial charge in [-0.1, -0.05) is 25.2 Å². The molecule has 9 heteroatoms. The first-order valence-corrected chi connectivity index (χ1v) is 12.0. The molecule has 35 heavy (non-hydrogen) atoms. The van der Waals surface area contributed by atoms with Crippen LogP contribution in [0.4, 0.5) is 27.6 Å². The Labute approximate surface area is 203 Å². The molecule has 1 aromatic rings. The minimum Gasteiger partial charge on any atom is -0.389 e. The van der Waals surface area contributed by atoms with Crippen molar-refractivity contribution in [3.05, 3.63) is 53.1 Å². The molecule has 0 radical (unpaired) electrons. The van der Waals surface area contributed by atoms with Crippen molar-refractivity contribution in [1.29, 1.82) is 0 Å². The number of hydrogen-bond donors (Lipinski definition) is 2. The lowest BCUT2D eigenvalue weighted by Crippen LogP contribution is -2.26. The number of carbonyl (C=O) groups excluding carboxylic acids is 1. The van der Waals surface area contributed by atoms with E-state index in [9.17, 15) is 31.9 Å². The van der Waals surface area contributed by atoms with Crippen molar-refractivity contribution in [1.82, 2.24) is 4.90 Å². The summed E-state index contributed by atoms with van der Waals surface area (Å²) in [5.41, 5.74) is -0.733. The van der Waals surface area contributed by atoms with Gasteiger partial charge in [0, 0.05) is 37.1 Å². The number of aliphatic hydroxyl groups is 1. The maximum absolute atomic E-state index is 13.8. The smallest absolute Gasteiger partial charge is 0.389 e. The predicted octanol–water partition coefficient (Wildman–Crippen LogP) is 6.17. The highest BCUT2D eigenvalue weighted by Gasteiger charge is 2.34. The van der Waals surface area contributed by atoms with E-state index < -0.39 is 29.3 Å². The molecule has 1 fully saturated rings. The van der Waals surface area contributed by atoms with Gasteiger partial charge in [0.1, 0.15) is 6.29 Å². The summed E-state index contributed by atoms with van der Waals surface area (Å²) in [6.07, 6.45) is 5.37. The third-order valence-corrected chi connectivity index (χ3v) is 6.06. The summed E-state index contributed by atoms with van der Waals surface area (Å²) in [5, 5.41) is 12.7. The number of nitrogens with zero attached hydrogens (tertiary/aromatic N) is 1. The fourth-order valence-corrected chi connectivity index (χ4v) is 4.05. The van der Waals surface area contributed by atoms with Crippen molar-refractivity contribution < 1.29 is 31.9 Å². The molecule has 0 amide bonds. The average Bonchev–Trinajstić information content (AvgIpc) is 3.32. The summed E-state index contributed by atoms with van der Waals surface area (Å²) in [4.78, 5) is 11.5. The van der Waals surface area contributed by atoms with Gasteiger partial charge in [0.05, 0.1) is 11.7 Å². The molecule has 4 nitrogen and oxygen atoms in total. The molecule has 3 rings (SSSR count). The number of carbonyl (C=O) groups is 1. The van der Waals surface area contributed by atoms with Crippen LogP contribution in [0.3, 0.4) is 0 Å². The molecule has 1 saturated heterocycles. The lowest BCUT2D eigenvalue weighted by Gasteiger charge is -2.25. The summed E-state index contributed by atoms with van der Waals surface area (Å²) >= 11 is 0. The number of halogens is 5. The molecule has 0 aromatic heterocycles. The molecule has 1 aromatic carbocycles. The molecular formula is C26H35F5N2O2. The minimum atomic E-state index is -4.71. The predicted molar refractivity (Wildman–Crippen MR) is 127 cm³/mol. The number of alkyl halides is 5. The van der Waals surface area contributed by atoms with E-state index in [2.05, 4.69) is 10.2 Å². The first kappa shape index (κ1) is 29.0. The van der Waals surface area contributed by atoms with Crippen molar-refractivity contribution >= 4 is 12.0 Å². The second kappa shape index (κ2) is 13.2. The van der Waals surface area contributed by atoms with Crippen LogP contribution in [0.1, 0.15) is 57.1 Å². The van der Waals surface area contributed by atoms with Crippen molar-refractivity contribution in [2.75, 3.05) is 31.5 Å². The number of allylic oxidation sites excluding steroid dienone is 1. The summed E-state index contributed by atoms with van der Waals surface area (Å²) < 4.78 is 67.3. The second-order valence-corrected chi connectivity index (χ2v) is 9.04. The zero-order valence-corrected chi connectivity index (χ0v) is 20.3. The molecular weight excluding hydrogens is 467 g/mol. The average molecular weight is 503 g/mol. The third-order valence-electron chi connectivity index (χ3n) is 6.06. The van der Waals surface area contributed by atoms with Crippen LogP contribution in [0.5, 0.6) is 0 Å². The second-order valence-electron chi connectivity index (χ2n) is 9.04. The highest BCUT2D eigenvalue weighted by Crippen LogP contribution is 2.37. The maximum Gasteiger partial charge on any atom is 0.416 e. The molecule has 2 unspecified atom stereocenters. The Hall–Kier alpha value is -2.26. The van der Waals surface area contributed by atoms with E-state index in [0.717, 1.165) is 62.9 Å². The molecule has 2 atom stereocenters. The van der Waals surface area contributed by atoms with Gasteiger partial charge in [-0.05, 0) is 69.1 Å². The third kappa shape index (κ3) is 9.72. The Morgan fingerprint density at radius 1 is 1.14 bits per heavy atom. The SMILES string of the molecule is CC(F)(F)c1cc(NCC(CCN2CCCC2)C2=CCC(O)C=C2)cc(C(F)(F)F)c1.CCC=O. The highest BCUT2D eigenvalue weighted by atomic mass is 19.4.